The number of nitrogens with one attached hydrogen (secondary N) is 1. The van der Waals surface area contributed by atoms with Crippen molar-refractivity contribution in [2.24, 2.45) is 0 Å². The largest absolute Gasteiger partial charge is 0.319 e. The molecule has 0 amide bonds. The predicted molar refractivity (Wildman–Crippen MR) is 77.0 cm³/mol. The third kappa shape index (κ3) is 1.98. The normalized spacial score (nSPS) is 17.4. The number of benzene rings is 1. The Morgan fingerprint density at radius 2 is 2.06 bits per heavy atom. The van der Waals surface area contributed by atoms with Crippen molar-refractivity contribution in [3.8, 4) is 10.6 Å². The van der Waals surface area contributed by atoms with Crippen LogP contribution in [0.15, 0.2) is 35.7 Å². The zero-order valence-electron chi connectivity index (χ0n) is 10.6. The van der Waals surface area contributed by atoms with E-state index < -0.39 is 0 Å². The summed E-state index contributed by atoms with van der Waals surface area (Å²) in [5.41, 5.74) is 2.82. The molecule has 1 aliphatic carbocycles. The fourth-order valence-electron chi connectivity index (χ4n) is 2.70. The summed E-state index contributed by atoms with van der Waals surface area (Å²) >= 11 is 1.77. The van der Waals surface area contributed by atoms with E-state index in [0.29, 0.717) is 5.41 Å². The number of hydrogen-bond donors (Lipinski definition) is 1. The monoisotopic (exact) mass is 258 g/mol. The SMILES string of the molecule is CNCC1(c2csc(-c3ccccc3)n2)CCC1. The summed E-state index contributed by atoms with van der Waals surface area (Å²) in [5, 5.41) is 6.72. The van der Waals surface area contributed by atoms with E-state index in [-0.39, 0.29) is 0 Å². The van der Waals surface area contributed by atoms with Crippen LogP contribution >= 0.6 is 11.3 Å². The molecule has 0 radical (unpaired) electrons. The van der Waals surface area contributed by atoms with E-state index >= 15 is 0 Å². The van der Waals surface area contributed by atoms with E-state index in [1.54, 1.807) is 11.3 Å². The summed E-state index contributed by atoms with van der Waals surface area (Å²) in [6, 6.07) is 10.5. The van der Waals surface area contributed by atoms with Gasteiger partial charge in [0.05, 0.1) is 5.69 Å². The molecule has 1 aliphatic rings. The lowest BCUT2D eigenvalue weighted by Gasteiger charge is -2.40. The van der Waals surface area contributed by atoms with Gasteiger partial charge in [-0.2, -0.15) is 0 Å². The maximum atomic E-state index is 4.87. The van der Waals surface area contributed by atoms with E-state index in [0.717, 1.165) is 11.6 Å². The average Bonchev–Trinajstić information content (AvgIpc) is 2.84. The van der Waals surface area contributed by atoms with Crippen molar-refractivity contribution >= 4 is 11.3 Å². The number of rotatable bonds is 4. The van der Waals surface area contributed by atoms with Gasteiger partial charge in [0.2, 0.25) is 0 Å². The van der Waals surface area contributed by atoms with Crippen molar-refractivity contribution in [3.63, 3.8) is 0 Å². The summed E-state index contributed by atoms with van der Waals surface area (Å²) in [6.07, 6.45) is 3.87. The number of thiazole rings is 1. The minimum absolute atomic E-state index is 0.304. The van der Waals surface area contributed by atoms with Gasteiger partial charge in [0, 0.05) is 22.9 Å². The number of nitrogens with zero attached hydrogens (tertiary/aromatic N) is 1. The molecular weight excluding hydrogens is 240 g/mol. The fourth-order valence-corrected chi connectivity index (χ4v) is 3.65. The van der Waals surface area contributed by atoms with Gasteiger partial charge in [-0.15, -0.1) is 11.3 Å². The first-order chi connectivity index (χ1) is 8.84. The highest BCUT2D eigenvalue weighted by molar-refractivity contribution is 7.13. The predicted octanol–water partition coefficient (Wildman–Crippen LogP) is 3.45. The summed E-state index contributed by atoms with van der Waals surface area (Å²) in [7, 11) is 2.03. The van der Waals surface area contributed by atoms with Crippen molar-refractivity contribution in [3.05, 3.63) is 41.4 Å². The first kappa shape index (κ1) is 11.9. The van der Waals surface area contributed by atoms with Gasteiger partial charge < -0.3 is 5.32 Å². The van der Waals surface area contributed by atoms with E-state index in [1.807, 2.05) is 13.1 Å². The van der Waals surface area contributed by atoms with Crippen molar-refractivity contribution in [2.75, 3.05) is 13.6 Å². The summed E-state index contributed by atoms with van der Waals surface area (Å²) < 4.78 is 0. The van der Waals surface area contributed by atoms with Crippen molar-refractivity contribution in [2.45, 2.75) is 24.7 Å². The molecule has 1 saturated carbocycles. The van der Waals surface area contributed by atoms with Gasteiger partial charge in [-0.1, -0.05) is 36.8 Å². The van der Waals surface area contributed by atoms with Crippen LogP contribution in [-0.2, 0) is 5.41 Å². The van der Waals surface area contributed by atoms with Gasteiger partial charge in [0.1, 0.15) is 5.01 Å². The second-order valence-corrected chi connectivity index (χ2v) is 5.93. The van der Waals surface area contributed by atoms with Gasteiger partial charge >= 0.3 is 0 Å². The number of likely N-dealkylation sites (N-methyl/N-ethyl adjacent to an activating group) is 1. The molecule has 0 bridgehead atoms. The van der Waals surface area contributed by atoms with Gasteiger partial charge in [0.15, 0.2) is 0 Å². The first-order valence-corrected chi connectivity index (χ1v) is 7.38. The maximum Gasteiger partial charge on any atom is 0.123 e. The molecule has 1 heterocycles. The van der Waals surface area contributed by atoms with Gasteiger partial charge in [-0.25, -0.2) is 4.98 Å². The quantitative estimate of drug-likeness (QED) is 0.908. The summed E-state index contributed by atoms with van der Waals surface area (Å²) in [4.78, 5) is 4.87. The smallest absolute Gasteiger partial charge is 0.123 e. The second-order valence-electron chi connectivity index (χ2n) is 5.07. The lowest BCUT2D eigenvalue weighted by molar-refractivity contribution is 0.233. The van der Waals surface area contributed by atoms with Crippen molar-refractivity contribution < 1.29 is 0 Å². The van der Waals surface area contributed by atoms with Crippen LogP contribution < -0.4 is 5.32 Å². The standard InChI is InChI=1S/C15H18N2S/c1-16-11-15(8-5-9-15)13-10-18-14(17-13)12-6-3-2-4-7-12/h2-4,6-7,10,16H,5,8-9,11H2,1H3. The molecule has 0 unspecified atom stereocenters. The van der Waals surface area contributed by atoms with Crippen LogP contribution in [0.1, 0.15) is 25.0 Å². The Bertz CT molecular complexity index is 514. The molecule has 0 aliphatic heterocycles. The molecule has 1 fully saturated rings. The highest BCUT2D eigenvalue weighted by atomic mass is 32.1. The molecule has 94 valence electrons. The summed E-state index contributed by atoms with van der Waals surface area (Å²) in [5.74, 6) is 0. The molecule has 2 aromatic rings. The molecule has 2 nitrogen and oxygen atoms in total. The molecule has 1 aromatic heterocycles. The average molecular weight is 258 g/mol. The Balaban J connectivity index is 1.90. The van der Waals surface area contributed by atoms with Crippen LogP contribution in [-0.4, -0.2) is 18.6 Å². The zero-order valence-corrected chi connectivity index (χ0v) is 11.5. The highest BCUT2D eigenvalue weighted by Crippen LogP contribution is 2.44. The Morgan fingerprint density at radius 1 is 1.28 bits per heavy atom. The second kappa shape index (κ2) is 4.82. The Kier molecular flexibility index (Phi) is 3.18. The van der Waals surface area contributed by atoms with Crippen LogP contribution in [0.5, 0.6) is 0 Å². The van der Waals surface area contributed by atoms with Crippen LogP contribution in [0.4, 0.5) is 0 Å². The molecule has 0 saturated heterocycles. The Labute approximate surface area is 112 Å². The van der Waals surface area contributed by atoms with E-state index in [2.05, 4.69) is 35.0 Å². The minimum atomic E-state index is 0.304. The van der Waals surface area contributed by atoms with Gasteiger partial charge in [0.25, 0.3) is 0 Å². The maximum absolute atomic E-state index is 4.87. The molecule has 18 heavy (non-hydrogen) atoms. The lowest BCUT2D eigenvalue weighted by atomic mass is 9.67. The number of aromatic nitrogens is 1. The molecule has 3 heteroatoms. The third-order valence-electron chi connectivity index (χ3n) is 3.89. The zero-order chi connectivity index (χ0) is 12.4. The molecule has 1 aromatic carbocycles. The van der Waals surface area contributed by atoms with Crippen molar-refractivity contribution in [1.29, 1.82) is 0 Å². The molecule has 1 N–H and O–H groups in total. The fraction of sp³-hybridized carbons (Fsp3) is 0.400. The minimum Gasteiger partial charge on any atom is -0.319 e. The van der Waals surface area contributed by atoms with E-state index in [4.69, 9.17) is 4.98 Å². The highest BCUT2D eigenvalue weighted by Gasteiger charge is 2.39. The number of hydrogen-bond acceptors (Lipinski definition) is 3. The third-order valence-corrected chi connectivity index (χ3v) is 4.79. The molecule has 0 spiro atoms. The van der Waals surface area contributed by atoms with Gasteiger partial charge in [-0.05, 0) is 19.9 Å². The Morgan fingerprint density at radius 3 is 2.67 bits per heavy atom. The van der Waals surface area contributed by atoms with Crippen LogP contribution in [0.3, 0.4) is 0 Å². The Hall–Kier alpha value is -1.19. The van der Waals surface area contributed by atoms with E-state index in [1.165, 1.54) is 30.5 Å². The molecule has 3 rings (SSSR count). The van der Waals surface area contributed by atoms with Gasteiger partial charge in [-0.3, -0.25) is 0 Å². The summed E-state index contributed by atoms with van der Waals surface area (Å²) in [6.45, 7) is 1.05. The molecule has 0 atom stereocenters. The lowest BCUT2D eigenvalue weighted by Crippen LogP contribution is -2.43. The van der Waals surface area contributed by atoms with E-state index in [9.17, 15) is 0 Å². The molecular formula is C15H18N2S. The van der Waals surface area contributed by atoms with Crippen LogP contribution in [0.2, 0.25) is 0 Å². The van der Waals surface area contributed by atoms with Crippen LogP contribution in [0.25, 0.3) is 10.6 Å². The van der Waals surface area contributed by atoms with Crippen molar-refractivity contribution in [1.82, 2.24) is 10.3 Å². The first-order valence-electron chi connectivity index (χ1n) is 6.50. The van der Waals surface area contributed by atoms with Crippen LogP contribution in [0, 0.1) is 0 Å². The topological polar surface area (TPSA) is 24.9 Å².